The first-order chi connectivity index (χ1) is 12.1. The molecule has 0 atom stereocenters. The van der Waals surface area contributed by atoms with Gasteiger partial charge in [0.25, 0.3) is 0 Å². The summed E-state index contributed by atoms with van der Waals surface area (Å²) in [5.41, 5.74) is 5.09. The molecule has 0 aliphatic rings. The van der Waals surface area contributed by atoms with Crippen molar-refractivity contribution >= 4 is 29.1 Å². The van der Waals surface area contributed by atoms with E-state index >= 15 is 0 Å². The molecule has 3 aromatic carbocycles. The highest BCUT2D eigenvalue weighted by atomic mass is 16.4. The maximum Gasteiger partial charge on any atom is 0.328 e. The van der Waals surface area contributed by atoms with Crippen LogP contribution in [0.15, 0.2) is 84.9 Å². The van der Waals surface area contributed by atoms with Crippen molar-refractivity contribution in [3.05, 3.63) is 96.1 Å². The molecule has 124 valence electrons. The summed E-state index contributed by atoms with van der Waals surface area (Å²) in [5, 5.41) is 8.81. The molecule has 0 unspecified atom stereocenters. The Labute approximate surface area is 147 Å². The van der Waals surface area contributed by atoms with Crippen LogP contribution in [0.25, 0.3) is 6.08 Å². The van der Waals surface area contributed by atoms with E-state index in [2.05, 4.69) is 35.2 Å². The van der Waals surface area contributed by atoms with Crippen LogP contribution in [0.2, 0.25) is 0 Å². The number of carboxylic acids is 1. The number of aryl methyl sites for hydroxylation is 1. The van der Waals surface area contributed by atoms with E-state index in [1.807, 2.05) is 55.5 Å². The first kappa shape index (κ1) is 16.5. The Balaban J connectivity index is 2.05. The lowest BCUT2D eigenvalue weighted by Gasteiger charge is -2.26. The van der Waals surface area contributed by atoms with Gasteiger partial charge in [0.05, 0.1) is 0 Å². The number of rotatable bonds is 5. The van der Waals surface area contributed by atoms with Gasteiger partial charge in [-0.3, -0.25) is 0 Å². The van der Waals surface area contributed by atoms with E-state index in [9.17, 15) is 4.79 Å². The highest BCUT2D eigenvalue weighted by Crippen LogP contribution is 2.35. The Morgan fingerprint density at radius 2 is 1.40 bits per heavy atom. The Morgan fingerprint density at radius 3 is 1.88 bits per heavy atom. The van der Waals surface area contributed by atoms with Gasteiger partial charge < -0.3 is 10.0 Å². The lowest BCUT2D eigenvalue weighted by atomic mass is 10.1. The third-order valence-electron chi connectivity index (χ3n) is 3.95. The highest BCUT2D eigenvalue weighted by molar-refractivity contribution is 5.86. The molecule has 0 aliphatic heterocycles. The number of para-hydroxylation sites is 2. The van der Waals surface area contributed by atoms with Gasteiger partial charge in [0.1, 0.15) is 0 Å². The Kier molecular flexibility index (Phi) is 4.95. The van der Waals surface area contributed by atoms with E-state index in [-0.39, 0.29) is 0 Å². The largest absolute Gasteiger partial charge is 0.478 e. The van der Waals surface area contributed by atoms with Crippen molar-refractivity contribution < 1.29 is 9.90 Å². The van der Waals surface area contributed by atoms with Crippen LogP contribution in [0.5, 0.6) is 0 Å². The molecule has 3 nitrogen and oxygen atoms in total. The first-order valence-electron chi connectivity index (χ1n) is 8.07. The van der Waals surface area contributed by atoms with Crippen molar-refractivity contribution in [3.63, 3.8) is 0 Å². The van der Waals surface area contributed by atoms with Gasteiger partial charge in [-0.2, -0.15) is 0 Å². The third kappa shape index (κ3) is 3.96. The number of hydrogen-bond acceptors (Lipinski definition) is 2. The van der Waals surface area contributed by atoms with Crippen LogP contribution in [-0.2, 0) is 4.79 Å². The Bertz CT molecular complexity index is 847. The summed E-state index contributed by atoms with van der Waals surface area (Å²) in [6.07, 6.45) is 2.78. The van der Waals surface area contributed by atoms with Crippen LogP contribution in [0.4, 0.5) is 17.1 Å². The predicted octanol–water partition coefficient (Wildman–Crippen LogP) is 5.56. The fourth-order valence-corrected chi connectivity index (χ4v) is 2.75. The molecule has 0 bridgehead atoms. The second kappa shape index (κ2) is 7.49. The maximum absolute atomic E-state index is 10.7. The average molecular weight is 329 g/mol. The van der Waals surface area contributed by atoms with Crippen LogP contribution >= 0.6 is 0 Å². The minimum atomic E-state index is -0.946. The fourth-order valence-electron chi connectivity index (χ4n) is 2.75. The number of benzene rings is 3. The van der Waals surface area contributed by atoms with Gasteiger partial charge in [0.2, 0.25) is 0 Å². The quantitative estimate of drug-likeness (QED) is 0.623. The first-order valence-corrected chi connectivity index (χ1v) is 8.07. The van der Waals surface area contributed by atoms with Crippen molar-refractivity contribution in [3.8, 4) is 0 Å². The summed E-state index contributed by atoms with van der Waals surface area (Å²) in [7, 11) is 0. The lowest BCUT2D eigenvalue weighted by molar-refractivity contribution is -0.131. The van der Waals surface area contributed by atoms with E-state index in [1.54, 1.807) is 6.08 Å². The molecule has 0 heterocycles. The molecule has 3 aromatic rings. The number of carbonyl (C=O) groups is 1. The summed E-state index contributed by atoms with van der Waals surface area (Å²) < 4.78 is 0. The van der Waals surface area contributed by atoms with Gasteiger partial charge >= 0.3 is 5.97 Å². The zero-order valence-corrected chi connectivity index (χ0v) is 14.0. The van der Waals surface area contributed by atoms with Gasteiger partial charge in [-0.25, -0.2) is 4.79 Å². The molecule has 25 heavy (non-hydrogen) atoms. The number of nitrogens with zero attached hydrogens (tertiary/aromatic N) is 1. The maximum atomic E-state index is 10.7. The number of carboxylic acid groups (broad SMARTS) is 1. The zero-order chi connectivity index (χ0) is 17.6. The monoisotopic (exact) mass is 329 g/mol. The van der Waals surface area contributed by atoms with E-state index in [0.29, 0.717) is 0 Å². The average Bonchev–Trinajstić information content (AvgIpc) is 2.63. The summed E-state index contributed by atoms with van der Waals surface area (Å²) in [4.78, 5) is 12.9. The lowest BCUT2D eigenvalue weighted by Crippen LogP contribution is -2.10. The highest BCUT2D eigenvalue weighted by Gasteiger charge is 2.12. The molecule has 0 spiro atoms. The Morgan fingerprint density at radius 1 is 0.840 bits per heavy atom. The summed E-state index contributed by atoms with van der Waals surface area (Å²) in [6, 6.07) is 26.4. The van der Waals surface area contributed by atoms with Gasteiger partial charge in [-0.05, 0) is 60.5 Å². The second-order valence-electron chi connectivity index (χ2n) is 5.72. The summed E-state index contributed by atoms with van der Waals surface area (Å²) >= 11 is 0. The van der Waals surface area contributed by atoms with Crippen LogP contribution in [-0.4, -0.2) is 11.1 Å². The summed E-state index contributed by atoms with van der Waals surface area (Å²) in [6.45, 7) is 1.99. The molecule has 0 saturated carbocycles. The second-order valence-corrected chi connectivity index (χ2v) is 5.72. The van der Waals surface area contributed by atoms with Crippen molar-refractivity contribution in [2.45, 2.75) is 6.92 Å². The molecular weight excluding hydrogens is 310 g/mol. The van der Waals surface area contributed by atoms with E-state index in [1.165, 1.54) is 0 Å². The molecule has 0 aliphatic carbocycles. The van der Waals surface area contributed by atoms with E-state index in [0.717, 1.165) is 34.3 Å². The fraction of sp³-hybridized carbons (Fsp3) is 0.0455. The predicted molar refractivity (Wildman–Crippen MR) is 103 cm³/mol. The van der Waals surface area contributed by atoms with Crippen LogP contribution in [0.3, 0.4) is 0 Å². The van der Waals surface area contributed by atoms with Gasteiger partial charge in [-0.15, -0.1) is 0 Å². The minimum Gasteiger partial charge on any atom is -0.478 e. The number of aliphatic carboxylic acids is 1. The third-order valence-corrected chi connectivity index (χ3v) is 3.95. The van der Waals surface area contributed by atoms with Crippen molar-refractivity contribution in [1.29, 1.82) is 0 Å². The normalized spacial score (nSPS) is 10.8. The molecule has 0 fully saturated rings. The van der Waals surface area contributed by atoms with Crippen LogP contribution < -0.4 is 4.90 Å². The standard InChI is InChI=1S/C22H19NO2/c1-17-16-21(14-12-18(17)13-15-22(24)25)23(19-8-4-2-5-9-19)20-10-6-3-7-11-20/h2-16H,1H3,(H,24,25)/b15-13+. The van der Waals surface area contributed by atoms with Gasteiger partial charge in [0.15, 0.2) is 0 Å². The topological polar surface area (TPSA) is 40.5 Å². The number of hydrogen-bond donors (Lipinski definition) is 1. The summed E-state index contributed by atoms with van der Waals surface area (Å²) in [5.74, 6) is -0.946. The molecule has 3 heteroatoms. The van der Waals surface area contributed by atoms with Crippen molar-refractivity contribution in [1.82, 2.24) is 0 Å². The molecule has 3 rings (SSSR count). The van der Waals surface area contributed by atoms with Gasteiger partial charge in [-0.1, -0.05) is 42.5 Å². The number of anilines is 3. The molecule has 0 radical (unpaired) electrons. The SMILES string of the molecule is Cc1cc(N(c2ccccc2)c2ccccc2)ccc1/C=C/C(=O)O. The molecular formula is C22H19NO2. The minimum absolute atomic E-state index is 0.896. The molecule has 0 aromatic heterocycles. The van der Waals surface area contributed by atoms with Crippen molar-refractivity contribution in [2.75, 3.05) is 4.90 Å². The van der Waals surface area contributed by atoms with Crippen LogP contribution in [0.1, 0.15) is 11.1 Å². The van der Waals surface area contributed by atoms with Crippen molar-refractivity contribution in [2.24, 2.45) is 0 Å². The smallest absolute Gasteiger partial charge is 0.328 e. The Hall–Kier alpha value is -3.33. The van der Waals surface area contributed by atoms with Gasteiger partial charge in [0, 0.05) is 23.1 Å². The molecule has 0 amide bonds. The van der Waals surface area contributed by atoms with E-state index in [4.69, 9.17) is 5.11 Å². The molecule has 1 N–H and O–H groups in total. The molecule has 0 saturated heterocycles. The van der Waals surface area contributed by atoms with E-state index < -0.39 is 5.97 Å². The van der Waals surface area contributed by atoms with Crippen LogP contribution in [0, 0.1) is 6.92 Å². The zero-order valence-electron chi connectivity index (χ0n) is 14.0.